The molecule has 35 heavy (non-hydrogen) atoms. The molecule has 0 heterocycles. The molecule has 2 N–H and O–H groups in total. The molecular formula is C30H59NO3S. The number of hydrogen-bond acceptors (Lipinski definition) is 3. The molecule has 0 fully saturated rings. The summed E-state index contributed by atoms with van der Waals surface area (Å²) in [4.78, 5) is 23.1. The lowest BCUT2D eigenvalue weighted by Gasteiger charge is -2.13. The van der Waals surface area contributed by atoms with Crippen molar-refractivity contribution in [3.05, 3.63) is 0 Å². The van der Waals surface area contributed by atoms with Crippen molar-refractivity contribution in [2.24, 2.45) is 0 Å². The minimum Gasteiger partial charge on any atom is -0.480 e. The summed E-state index contributed by atoms with van der Waals surface area (Å²) in [7, 11) is 0. The van der Waals surface area contributed by atoms with Crippen LogP contribution in [0.4, 0.5) is 0 Å². The van der Waals surface area contributed by atoms with Gasteiger partial charge in [0.25, 0.3) is 0 Å². The fourth-order valence-corrected chi connectivity index (χ4v) is 5.13. The highest BCUT2D eigenvalue weighted by Crippen LogP contribution is 2.15. The molecule has 0 aromatic rings. The second-order valence-electron chi connectivity index (χ2n) is 10.4. The lowest BCUT2D eigenvalue weighted by atomic mass is 10.0. The van der Waals surface area contributed by atoms with Crippen LogP contribution in [0.25, 0.3) is 0 Å². The van der Waals surface area contributed by atoms with Crippen molar-refractivity contribution in [2.45, 2.75) is 167 Å². The molecule has 0 aliphatic rings. The number of hydrogen-bond donors (Lipinski definition) is 2. The van der Waals surface area contributed by atoms with E-state index in [9.17, 15) is 14.7 Å². The Hall–Kier alpha value is -0.710. The number of unbranched alkanes of at least 4 members (excludes halogenated alkanes) is 21. The van der Waals surface area contributed by atoms with Gasteiger partial charge in [0.1, 0.15) is 6.04 Å². The summed E-state index contributed by atoms with van der Waals surface area (Å²) in [5.41, 5.74) is 0. The van der Waals surface area contributed by atoms with Crippen LogP contribution in [0.15, 0.2) is 0 Å². The fourth-order valence-electron chi connectivity index (χ4n) is 4.65. The second kappa shape index (κ2) is 27.9. The molecule has 0 saturated heterocycles. The summed E-state index contributed by atoms with van der Waals surface area (Å²) < 4.78 is 0. The number of carbonyl (C=O) groups is 2. The van der Waals surface area contributed by atoms with Crippen LogP contribution in [0.2, 0.25) is 0 Å². The summed E-state index contributed by atoms with van der Waals surface area (Å²) in [5, 5.41) is 11.8. The summed E-state index contributed by atoms with van der Waals surface area (Å²) in [6.45, 7) is 2.29. The lowest BCUT2D eigenvalue weighted by Crippen LogP contribution is -2.41. The Morgan fingerprint density at radius 3 is 1.29 bits per heavy atom. The van der Waals surface area contributed by atoms with E-state index in [0.29, 0.717) is 12.8 Å². The Balaban J connectivity index is 3.27. The average molecular weight is 514 g/mol. The van der Waals surface area contributed by atoms with Crippen molar-refractivity contribution in [2.75, 3.05) is 12.0 Å². The minimum absolute atomic E-state index is 0.119. The molecule has 0 aromatic heterocycles. The first kappa shape index (κ1) is 34.3. The molecule has 0 spiro atoms. The molecule has 0 unspecified atom stereocenters. The maximum Gasteiger partial charge on any atom is 0.326 e. The van der Waals surface area contributed by atoms with Crippen LogP contribution >= 0.6 is 11.8 Å². The first-order valence-corrected chi connectivity index (χ1v) is 16.5. The molecule has 208 valence electrons. The summed E-state index contributed by atoms with van der Waals surface area (Å²) in [6.07, 6.45) is 32.7. The van der Waals surface area contributed by atoms with Gasteiger partial charge in [0.05, 0.1) is 0 Å². The first-order valence-electron chi connectivity index (χ1n) is 15.1. The van der Waals surface area contributed by atoms with Crippen LogP contribution in [0, 0.1) is 0 Å². The van der Waals surface area contributed by atoms with Crippen LogP contribution in [-0.2, 0) is 9.59 Å². The maximum atomic E-state index is 11.9. The number of carbonyl (C=O) groups excluding carboxylic acids is 1. The van der Waals surface area contributed by atoms with E-state index in [1.54, 1.807) is 11.8 Å². The van der Waals surface area contributed by atoms with E-state index >= 15 is 0 Å². The second-order valence-corrected chi connectivity index (χ2v) is 11.4. The van der Waals surface area contributed by atoms with E-state index in [0.717, 1.165) is 18.6 Å². The number of carboxylic acids is 1. The third-order valence-electron chi connectivity index (χ3n) is 7.00. The highest BCUT2D eigenvalue weighted by atomic mass is 32.2. The Morgan fingerprint density at radius 2 is 0.971 bits per heavy atom. The van der Waals surface area contributed by atoms with Crippen molar-refractivity contribution in [1.82, 2.24) is 5.32 Å². The SMILES string of the molecule is CCCCCCCCCCCCCCCCCCCCCCCCC(=O)N[C@@H](CCSC)C(=O)O. The van der Waals surface area contributed by atoms with E-state index in [1.165, 1.54) is 128 Å². The molecular weight excluding hydrogens is 454 g/mol. The summed E-state index contributed by atoms with van der Waals surface area (Å²) in [5.74, 6) is -0.301. The predicted molar refractivity (Wildman–Crippen MR) is 154 cm³/mol. The standard InChI is InChI=1S/C30H59NO3S/c1-3-4-5-6-7-8-9-10-11-12-13-14-15-16-17-18-19-20-21-22-23-24-25-29(32)31-28(30(33)34)26-27-35-2/h28H,3-27H2,1-2H3,(H,31,32)(H,33,34)/t28-/m0/s1. The van der Waals surface area contributed by atoms with E-state index in [-0.39, 0.29) is 5.91 Å². The molecule has 4 nitrogen and oxygen atoms in total. The van der Waals surface area contributed by atoms with Crippen molar-refractivity contribution < 1.29 is 14.7 Å². The van der Waals surface area contributed by atoms with Gasteiger partial charge in [-0.15, -0.1) is 0 Å². The topological polar surface area (TPSA) is 66.4 Å². The van der Waals surface area contributed by atoms with Gasteiger partial charge in [-0.25, -0.2) is 4.79 Å². The summed E-state index contributed by atoms with van der Waals surface area (Å²) >= 11 is 1.60. The van der Waals surface area contributed by atoms with Crippen molar-refractivity contribution >= 4 is 23.6 Å². The largest absolute Gasteiger partial charge is 0.480 e. The van der Waals surface area contributed by atoms with Crippen molar-refractivity contribution in [1.29, 1.82) is 0 Å². The van der Waals surface area contributed by atoms with Crippen LogP contribution in [0.1, 0.15) is 161 Å². The van der Waals surface area contributed by atoms with E-state index in [2.05, 4.69) is 12.2 Å². The van der Waals surface area contributed by atoms with Crippen LogP contribution in [-0.4, -0.2) is 35.0 Å². The number of thioether (sulfide) groups is 1. The number of rotatable bonds is 28. The van der Waals surface area contributed by atoms with E-state index < -0.39 is 12.0 Å². The zero-order valence-corrected chi connectivity index (χ0v) is 24.2. The lowest BCUT2D eigenvalue weighted by molar-refractivity contribution is -0.141. The number of carboxylic acid groups (broad SMARTS) is 1. The third kappa shape index (κ3) is 26.2. The van der Waals surface area contributed by atoms with Gasteiger partial charge >= 0.3 is 5.97 Å². The van der Waals surface area contributed by atoms with E-state index in [4.69, 9.17) is 0 Å². The normalized spacial score (nSPS) is 12.1. The zero-order valence-electron chi connectivity index (χ0n) is 23.4. The minimum atomic E-state index is -0.929. The highest BCUT2D eigenvalue weighted by molar-refractivity contribution is 7.98. The Bertz CT molecular complexity index is 473. The molecule has 5 heteroatoms. The molecule has 0 aliphatic carbocycles. The van der Waals surface area contributed by atoms with Gasteiger partial charge in [0.15, 0.2) is 0 Å². The Labute approximate surface area is 222 Å². The summed E-state index contributed by atoms with van der Waals surface area (Å²) in [6, 6.07) is -0.741. The maximum absolute atomic E-state index is 11.9. The van der Waals surface area contributed by atoms with Gasteiger partial charge < -0.3 is 10.4 Å². The molecule has 0 saturated carbocycles. The Morgan fingerprint density at radius 1 is 0.629 bits per heavy atom. The van der Waals surface area contributed by atoms with Gasteiger partial charge in [-0.1, -0.05) is 142 Å². The van der Waals surface area contributed by atoms with Crippen LogP contribution in [0.3, 0.4) is 0 Å². The quantitative estimate of drug-likeness (QED) is 0.102. The number of aliphatic carboxylic acids is 1. The molecule has 0 bridgehead atoms. The number of nitrogens with one attached hydrogen (secondary N) is 1. The highest BCUT2D eigenvalue weighted by Gasteiger charge is 2.18. The van der Waals surface area contributed by atoms with Gasteiger partial charge in [0, 0.05) is 6.42 Å². The number of amides is 1. The molecule has 0 rings (SSSR count). The predicted octanol–water partition coefficient (Wildman–Crippen LogP) is 9.30. The first-order chi connectivity index (χ1) is 17.1. The van der Waals surface area contributed by atoms with Gasteiger partial charge in [-0.05, 0) is 24.9 Å². The van der Waals surface area contributed by atoms with Crippen LogP contribution < -0.4 is 5.32 Å². The molecule has 1 atom stereocenters. The van der Waals surface area contributed by atoms with Crippen LogP contribution in [0.5, 0.6) is 0 Å². The Kier molecular flexibility index (Phi) is 27.3. The van der Waals surface area contributed by atoms with Gasteiger partial charge in [-0.3, -0.25) is 4.79 Å². The zero-order chi connectivity index (χ0) is 25.8. The van der Waals surface area contributed by atoms with Gasteiger partial charge in [-0.2, -0.15) is 11.8 Å². The molecule has 0 aromatic carbocycles. The van der Waals surface area contributed by atoms with Crippen molar-refractivity contribution in [3.8, 4) is 0 Å². The van der Waals surface area contributed by atoms with E-state index in [1.807, 2.05) is 6.26 Å². The van der Waals surface area contributed by atoms with Crippen molar-refractivity contribution in [3.63, 3.8) is 0 Å². The molecule has 0 aliphatic heterocycles. The molecule has 1 amide bonds. The van der Waals surface area contributed by atoms with Gasteiger partial charge in [0.2, 0.25) is 5.91 Å². The molecule has 0 radical (unpaired) electrons. The third-order valence-corrected chi connectivity index (χ3v) is 7.65. The smallest absolute Gasteiger partial charge is 0.326 e. The monoisotopic (exact) mass is 513 g/mol. The average Bonchev–Trinajstić information content (AvgIpc) is 2.84. The fraction of sp³-hybridized carbons (Fsp3) is 0.933.